The molecule has 0 radical (unpaired) electrons. The van der Waals surface area contributed by atoms with Crippen LogP contribution in [0.25, 0.3) is 0 Å². The third kappa shape index (κ3) is 4.46. The zero-order chi connectivity index (χ0) is 11.3. The minimum atomic E-state index is -2.43. The molecule has 1 aromatic rings. The van der Waals surface area contributed by atoms with Gasteiger partial charge in [-0.2, -0.15) is 0 Å². The molecule has 0 bridgehead atoms. The molecule has 15 heavy (non-hydrogen) atoms. The molecule has 3 N–H and O–H groups in total. The maximum Gasteiger partial charge on any atom is 0.221 e. The van der Waals surface area contributed by atoms with Crippen LogP contribution in [-0.2, 0) is 21.9 Å². The Labute approximate surface area is 89.2 Å². The SMILES string of the molecule is NC(=O)Cc1ccc(NC[SH](=O)=O)cc1. The average Bonchev–Trinajstić information content (AvgIpc) is 2.16. The number of anilines is 1. The van der Waals surface area contributed by atoms with Gasteiger partial charge in [-0.3, -0.25) is 4.79 Å². The predicted molar refractivity (Wildman–Crippen MR) is 58.1 cm³/mol. The van der Waals surface area contributed by atoms with Gasteiger partial charge in [-0.05, 0) is 17.7 Å². The number of hydrogen-bond donors (Lipinski definition) is 3. The van der Waals surface area contributed by atoms with Crippen molar-refractivity contribution in [2.45, 2.75) is 6.42 Å². The second kappa shape index (κ2) is 5.35. The maximum atomic E-state index is 10.6. The molecule has 0 aromatic heterocycles. The van der Waals surface area contributed by atoms with Crippen molar-refractivity contribution in [3.05, 3.63) is 29.8 Å². The molecule has 0 heterocycles. The third-order valence-electron chi connectivity index (χ3n) is 1.74. The van der Waals surface area contributed by atoms with E-state index in [1.807, 2.05) is 0 Å². The number of thiol groups is 1. The van der Waals surface area contributed by atoms with Crippen LogP contribution in [0.2, 0.25) is 0 Å². The van der Waals surface area contributed by atoms with E-state index in [9.17, 15) is 13.2 Å². The van der Waals surface area contributed by atoms with Gasteiger partial charge in [0.25, 0.3) is 0 Å². The monoisotopic (exact) mass is 228 g/mol. The molecule has 0 saturated heterocycles. The number of carbonyl (C=O) groups is 1. The minimum absolute atomic E-state index is 0.0928. The summed E-state index contributed by atoms with van der Waals surface area (Å²) in [6, 6.07) is 6.87. The first kappa shape index (κ1) is 11.5. The summed E-state index contributed by atoms with van der Waals surface area (Å²) in [6.45, 7) is 0. The van der Waals surface area contributed by atoms with Crippen LogP contribution < -0.4 is 11.1 Å². The fraction of sp³-hybridized carbons (Fsp3) is 0.222. The largest absolute Gasteiger partial charge is 0.372 e. The number of nitrogens with two attached hydrogens (primary N) is 1. The lowest BCUT2D eigenvalue weighted by Gasteiger charge is -2.03. The van der Waals surface area contributed by atoms with E-state index in [2.05, 4.69) is 5.32 Å². The van der Waals surface area contributed by atoms with Crippen molar-refractivity contribution < 1.29 is 13.2 Å². The molecule has 0 fully saturated rings. The van der Waals surface area contributed by atoms with Crippen molar-refractivity contribution in [3.63, 3.8) is 0 Å². The number of carbonyl (C=O) groups excluding carboxylic acids is 1. The van der Waals surface area contributed by atoms with E-state index in [1.54, 1.807) is 24.3 Å². The maximum absolute atomic E-state index is 10.6. The van der Waals surface area contributed by atoms with Gasteiger partial charge in [-0.25, -0.2) is 8.42 Å². The summed E-state index contributed by atoms with van der Waals surface area (Å²) in [5, 5.41) is 2.71. The lowest BCUT2D eigenvalue weighted by Crippen LogP contribution is -2.13. The van der Waals surface area contributed by atoms with Gasteiger partial charge in [0.15, 0.2) is 10.7 Å². The first-order valence-electron chi connectivity index (χ1n) is 4.31. The van der Waals surface area contributed by atoms with E-state index < -0.39 is 16.6 Å². The molecule has 5 nitrogen and oxygen atoms in total. The Balaban J connectivity index is 2.59. The molecule has 0 spiro atoms. The standard InChI is InChI=1S/C9H12N2O3S/c10-9(12)5-7-1-3-8(4-2-7)11-6-15(13)14/h1-4,11,15H,5-6H2,(H2,10,12). The highest BCUT2D eigenvalue weighted by atomic mass is 32.2. The normalized spacial score (nSPS) is 10.2. The van der Waals surface area contributed by atoms with E-state index in [1.165, 1.54) is 0 Å². The average molecular weight is 228 g/mol. The summed E-state index contributed by atoms with van der Waals surface area (Å²) in [4.78, 5) is 10.6. The Bertz CT molecular complexity index is 404. The number of primary amides is 1. The van der Waals surface area contributed by atoms with Gasteiger partial charge in [0.2, 0.25) is 5.91 Å². The van der Waals surface area contributed by atoms with Gasteiger partial charge in [0.1, 0.15) is 5.88 Å². The van der Waals surface area contributed by atoms with Gasteiger partial charge in [0.05, 0.1) is 6.42 Å². The smallest absolute Gasteiger partial charge is 0.221 e. The van der Waals surface area contributed by atoms with Crippen LogP contribution >= 0.6 is 0 Å². The highest BCUT2D eigenvalue weighted by molar-refractivity contribution is 7.72. The van der Waals surface area contributed by atoms with Crippen LogP contribution in [0.5, 0.6) is 0 Å². The van der Waals surface area contributed by atoms with E-state index in [-0.39, 0.29) is 12.3 Å². The number of benzene rings is 1. The van der Waals surface area contributed by atoms with Crippen molar-refractivity contribution in [3.8, 4) is 0 Å². The molecule has 1 amide bonds. The Morgan fingerprint density at radius 2 is 1.87 bits per heavy atom. The van der Waals surface area contributed by atoms with Crippen LogP contribution in [0.4, 0.5) is 5.69 Å². The van der Waals surface area contributed by atoms with Crippen molar-refractivity contribution in [1.82, 2.24) is 0 Å². The highest BCUT2D eigenvalue weighted by Gasteiger charge is 1.98. The van der Waals surface area contributed by atoms with Crippen LogP contribution in [0.15, 0.2) is 24.3 Å². The molecule has 0 atom stereocenters. The second-order valence-electron chi connectivity index (χ2n) is 3.01. The predicted octanol–water partition coefficient (Wildman–Crippen LogP) is -0.305. The molecule has 1 rings (SSSR count). The van der Waals surface area contributed by atoms with Crippen molar-refractivity contribution in [2.24, 2.45) is 5.73 Å². The molecule has 0 aliphatic heterocycles. The Morgan fingerprint density at radius 3 is 2.33 bits per heavy atom. The highest BCUT2D eigenvalue weighted by Crippen LogP contribution is 2.09. The fourth-order valence-corrected chi connectivity index (χ4v) is 1.41. The molecule has 0 saturated carbocycles. The molecular formula is C9H12N2O3S. The molecule has 82 valence electrons. The number of amides is 1. The Hall–Kier alpha value is -1.56. The molecular weight excluding hydrogens is 216 g/mol. The quantitative estimate of drug-likeness (QED) is 0.603. The summed E-state index contributed by atoms with van der Waals surface area (Å²) >= 11 is 0. The van der Waals surface area contributed by atoms with Crippen LogP contribution in [0.3, 0.4) is 0 Å². The summed E-state index contributed by atoms with van der Waals surface area (Å²) in [5.74, 6) is -0.483. The zero-order valence-corrected chi connectivity index (χ0v) is 8.87. The first-order chi connectivity index (χ1) is 7.08. The Morgan fingerprint density at radius 1 is 1.27 bits per heavy atom. The van der Waals surface area contributed by atoms with E-state index in [4.69, 9.17) is 5.73 Å². The summed E-state index contributed by atoms with van der Waals surface area (Å²) in [6.07, 6.45) is 0.191. The van der Waals surface area contributed by atoms with Crippen LogP contribution in [0, 0.1) is 0 Å². The number of nitrogens with one attached hydrogen (secondary N) is 1. The van der Waals surface area contributed by atoms with E-state index in [0.29, 0.717) is 5.69 Å². The zero-order valence-electron chi connectivity index (χ0n) is 7.97. The minimum Gasteiger partial charge on any atom is -0.372 e. The van der Waals surface area contributed by atoms with Gasteiger partial charge >= 0.3 is 0 Å². The lowest BCUT2D eigenvalue weighted by molar-refractivity contribution is -0.117. The lowest BCUT2D eigenvalue weighted by atomic mass is 10.1. The Kier molecular flexibility index (Phi) is 4.11. The third-order valence-corrected chi connectivity index (χ3v) is 2.16. The van der Waals surface area contributed by atoms with Gasteiger partial charge in [-0.15, -0.1) is 0 Å². The molecule has 0 aliphatic rings. The summed E-state index contributed by atoms with van der Waals surface area (Å²) < 4.78 is 20.6. The molecule has 1 aromatic carbocycles. The summed E-state index contributed by atoms with van der Waals surface area (Å²) in [5.41, 5.74) is 6.53. The van der Waals surface area contributed by atoms with Crippen molar-refractivity contribution >= 4 is 22.3 Å². The van der Waals surface area contributed by atoms with Gasteiger partial charge in [0, 0.05) is 5.69 Å². The number of hydrogen-bond acceptors (Lipinski definition) is 4. The van der Waals surface area contributed by atoms with E-state index >= 15 is 0 Å². The topological polar surface area (TPSA) is 89.3 Å². The molecule has 0 aliphatic carbocycles. The second-order valence-corrected chi connectivity index (χ2v) is 3.99. The molecule has 6 heteroatoms. The van der Waals surface area contributed by atoms with Crippen LogP contribution in [0.1, 0.15) is 5.56 Å². The van der Waals surface area contributed by atoms with Crippen molar-refractivity contribution in [2.75, 3.05) is 11.2 Å². The number of rotatable bonds is 5. The van der Waals surface area contributed by atoms with Gasteiger partial charge < -0.3 is 11.1 Å². The van der Waals surface area contributed by atoms with E-state index in [0.717, 1.165) is 5.56 Å². The first-order valence-corrected chi connectivity index (χ1v) is 5.67. The van der Waals surface area contributed by atoms with Gasteiger partial charge in [-0.1, -0.05) is 12.1 Å². The summed E-state index contributed by atoms with van der Waals surface area (Å²) in [7, 11) is -2.43. The molecule has 0 unspecified atom stereocenters. The van der Waals surface area contributed by atoms with Crippen molar-refractivity contribution in [1.29, 1.82) is 0 Å². The fourth-order valence-electron chi connectivity index (χ4n) is 1.10. The van der Waals surface area contributed by atoms with Crippen LogP contribution in [-0.4, -0.2) is 20.2 Å².